The number of carbonyl (C=O) groups excluding carboxylic acids is 2. The fraction of sp³-hybridized carbons (Fsp3) is 0.360. The average Bonchev–Trinajstić information content (AvgIpc) is 2.97. The van der Waals surface area contributed by atoms with Crippen LogP contribution in [0.1, 0.15) is 33.3 Å². The number of morpholine rings is 1. The van der Waals surface area contributed by atoms with E-state index in [1.165, 1.54) is 18.2 Å². The Labute approximate surface area is 187 Å². The number of amides is 2. The summed E-state index contributed by atoms with van der Waals surface area (Å²) < 4.78 is 25.4. The van der Waals surface area contributed by atoms with Crippen molar-refractivity contribution in [3.63, 3.8) is 0 Å². The maximum Gasteiger partial charge on any atom is 0.282 e. The lowest BCUT2D eigenvalue weighted by molar-refractivity contribution is -0.121. The Morgan fingerprint density at radius 3 is 2.25 bits per heavy atom. The number of carbonyl (C=O) groups is 2. The van der Waals surface area contributed by atoms with E-state index in [2.05, 4.69) is 0 Å². The minimum atomic E-state index is -0.512. The Morgan fingerprint density at radius 1 is 1.00 bits per heavy atom. The van der Waals surface area contributed by atoms with Crippen LogP contribution in [0, 0.1) is 5.82 Å². The highest BCUT2D eigenvalue weighted by molar-refractivity contribution is 6.45. The van der Waals surface area contributed by atoms with E-state index in [-0.39, 0.29) is 24.0 Å². The number of imide groups is 1. The molecule has 0 aliphatic carbocycles. The predicted octanol–water partition coefficient (Wildman–Crippen LogP) is 4.01. The molecule has 2 aliphatic heterocycles. The monoisotopic (exact) mass is 438 g/mol. The molecule has 32 heavy (non-hydrogen) atoms. The number of hydrogen-bond donors (Lipinski definition) is 0. The van der Waals surface area contributed by atoms with Crippen molar-refractivity contribution < 1.29 is 23.5 Å². The third kappa shape index (κ3) is 4.25. The SMILES string of the molecule is CC(C)Oc1ccc(C2=C(N3CC(C)OC(C)C3)C(=O)N(c3cccc(F)c3)C2=O)cc1. The van der Waals surface area contributed by atoms with Gasteiger partial charge in [-0.25, -0.2) is 9.29 Å². The molecule has 0 radical (unpaired) electrons. The highest BCUT2D eigenvalue weighted by Crippen LogP contribution is 2.36. The van der Waals surface area contributed by atoms with E-state index in [1.54, 1.807) is 30.3 Å². The normalized spacial score (nSPS) is 21.7. The summed E-state index contributed by atoms with van der Waals surface area (Å²) in [5.41, 5.74) is 1.44. The third-order valence-corrected chi connectivity index (χ3v) is 5.38. The lowest BCUT2D eigenvalue weighted by Crippen LogP contribution is -2.47. The van der Waals surface area contributed by atoms with Crippen LogP contribution in [0.25, 0.3) is 5.57 Å². The van der Waals surface area contributed by atoms with Gasteiger partial charge in [0.15, 0.2) is 0 Å². The molecule has 0 spiro atoms. The van der Waals surface area contributed by atoms with Crippen molar-refractivity contribution in [3.8, 4) is 5.75 Å². The van der Waals surface area contributed by atoms with Crippen LogP contribution in [0.5, 0.6) is 5.75 Å². The molecule has 7 heteroatoms. The first-order valence-corrected chi connectivity index (χ1v) is 10.8. The van der Waals surface area contributed by atoms with Gasteiger partial charge in [0.2, 0.25) is 0 Å². The fourth-order valence-corrected chi connectivity index (χ4v) is 4.25. The van der Waals surface area contributed by atoms with E-state index in [0.29, 0.717) is 35.7 Å². The third-order valence-electron chi connectivity index (χ3n) is 5.38. The number of rotatable bonds is 5. The van der Waals surface area contributed by atoms with Crippen LogP contribution in [0.4, 0.5) is 10.1 Å². The standard InChI is InChI=1S/C25H27FN2O4/c1-15(2)31-21-10-8-18(9-11-21)22-23(27-13-16(3)32-17(4)14-27)25(30)28(24(22)29)20-7-5-6-19(26)12-20/h5-12,15-17H,13-14H2,1-4H3. The molecule has 2 heterocycles. The number of hydrogen-bond acceptors (Lipinski definition) is 5. The van der Waals surface area contributed by atoms with E-state index >= 15 is 0 Å². The Hall–Kier alpha value is -3.19. The second-order valence-corrected chi connectivity index (χ2v) is 8.50. The summed E-state index contributed by atoms with van der Waals surface area (Å²) in [6.45, 7) is 8.71. The summed E-state index contributed by atoms with van der Waals surface area (Å²) in [6.07, 6.45) is -0.175. The molecule has 0 N–H and O–H groups in total. The number of ether oxygens (including phenoxy) is 2. The second-order valence-electron chi connectivity index (χ2n) is 8.50. The average molecular weight is 438 g/mol. The number of benzene rings is 2. The highest BCUT2D eigenvalue weighted by atomic mass is 19.1. The van der Waals surface area contributed by atoms with Crippen molar-refractivity contribution in [1.29, 1.82) is 0 Å². The van der Waals surface area contributed by atoms with E-state index < -0.39 is 17.6 Å². The summed E-state index contributed by atoms with van der Waals surface area (Å²) in [5, 5.41) is 0. The lowest BCUT2D eigenvalue weighted by atomic mass is 10.0. The van der Waals surface area contributed by atoms with Crippen molar-refractivity contribution in [1.82, 2.24) is 4.90 Å². The van der Waals surface area contributed by atoms with Crippen molar-refractivity contribution >= 4 is 23.1 Å². The van der Waals surface area contributed by atoms with Crippen molar-refractivity contribution in [2.75, 3.05) is 18.0 Å². The molecule has 2 amide bonds. The van der Waals surface area contributed by atoms with Gasteiger partial charge in [-0.05, 0) is 63.6 Å². The lowest BCUT2D eigenvalue weighted by Gasteiger charge is -2.37. The van der Waals surface area contributed by atoms with Gasteiger partial charge in [0.05, 0.1) is 29.6 Å². The molecule has 1 fully saturated rings. The maximum atomic E-state index is 13.9. The summed E-state index contributed by atoms with van der Waals surface area (Å²) >= 11 is 0. The molecular weight excluding hydrogens is 411 g/mol. The van der Waals surface area contributed by atoms with Crippen LogP contribution in [0.2, 0.25) is 0 Å². The number of nitrogens with zero attached hydrogens (tertiary/aromatic N) is 2. The molecule has 0 bridgehead atoms. The van der Waals surface area contributed by atoms with Crippen LogP contribution in [0.15, 0.2) is 54.2 Å². The van der Waals surface area contributed by atoms with Gasteiger partial charge in [0.25, 0.3) is 11.8 Å². The summed E-state index contributed by atoms with van der Waals surface area (Å²) in [5.74, 6) is -0.764. The molecule has 2 atom stereocenters. The fourth-order valence-electron chi connectivity index (χ4n) is 4.25. The molecule has 6 nitrogen and oxygen atoms in total. The molecular formula is C25H27FN2O4. The number of halogens is 1. The Bertz CT molecular complexity index is 1050. The molecule has 1 saturated heterocycles. The van der Waals surface area contributed by atoms with Crippen LogP contribution < -0.4 is 9.64 Å². The molecule has 0 aromatic heterocycles. The van der Waals surface area contributed by atoms with Crippen molar-refractivity contribution in [3.05, 3.63) is 65.6 Å². The van der Waals surface area contributed by atoms with Crippen LogP contribution in [-0.4, -0.2) is 48.1 Å². The van der Waals surface area contributed by atoms with E-state index in [1.807, 2.05) is 32.6 Å². The van der Waals surface area contributed by atoms with Crippen molar-refractivity contribution in [2.45, 2.75) is 46.0 Å². The molecule has 2 aromatic rings. The van der Waals surface area contributed by atoms with Gasteiger partial charge in [-0.2, -0.15) is 0 Å². The zero-order valence-corrected chi connectivity index (χ0v) is 18.7. The summed E-state index contributed by atoms with van der Waals surface area (Å²) in [4.78, 5) is 30.1. The highest BCUT2D eigenvalue weighted by Gasteiger charge is 2.44. The second kappa shape index (κ2) is 8.74. The van der Waals surface area contributed by atoms with Gasteiger partial charge < -0.3 is 14.4 Å². The number of anilines is 1. The molecule has 168 valence electrons. The predicted molar refractivity (Wildman–Crippen MR) is 120 cm³/mol. The topological polar surface area (TPSA) is 59.1 Å². The summed E-state index contributed by atoms with van der Waals surface area (Å²) in [6, 6.07) is 12.6. The molecule has 2 aliphatic rings. The Kier molecular flexibility index (Phi) is 6.02. The maximum absolute atomic E-state index is 13.9. The van der Waals surface area contributed by atoms with Crippen LogP contribution in [-0.2, 0) is 14.3 Å². The zero-order valence-electron chi connectivity index (χ0n) is 18.7. The largest absolute Gasteiger partial charge is 0.491 e. The Morgan fingerprint density at radius 2 is 1.66 bits per heavy atom. The van der Waals surface area contributed by atoms with Gasteiger partial charge in [0, 0.05) is 13.1 Å². The van der Waals surface area contributed by atoms with Crippen LogP contribution >= 0.6 is 0 Å². The first-order chi connectivity index (χ1) is 15.2. The summed E-state index contributed by atoms with van der Waals surface area (Å²) in [7, 11) is 0. The first kappa shape index (κ1) is 22.0. The van der Waals surface area contributed by atoms with Gasteiger partial charge in [-0.1, -0.05) is 18.2 Å². The molecule has 0 saturated carbocycles. The van der Waals surface area contributed by atoms with Gasteiger partial charge in [-0.15, -0.1) is 0 Å². The van der Waals surface area contributed by atoms with Gasteiger partial charge in [0.1, 0.15) is 17.3 Å². The van der Waals surface area contributed by atoms with Crippen molar-refractivity contribution in [2.24, 2.45) is 0 Å². The van der Waals surface area contributed by atoms with E-state index in [9.17, 15) is 14.0 Å². The minimum absolute atomic E-state index is 0.0186. The van der Waals surface area contributed by atoms with E-state index in [0.717, 1.165) is 4.90 Å². The molecule has 2 aromatic carbocycles. The first-order valence-electron chi connectivity index (χ1n) is 10.8. The zero-order chi connectivity index (χ0) is 23.0. The van der Waals surface area contributed by atoms with E-state index in [4.69, 9.17) is 9.47 Å². The molecule has 2 unspecified atom stereocenters. The smallest absolute Gasteiger partial charge is 0.282 e. The quantitative estimate of drug-likeness (QED) is 0.661. The molecule has 4 rings (SSSR count). The van der Waals surface area contributed by atoms with Gasteiger partial charge in [-0.3, -0.25) is 9.59 Å². The minimum Gasteiger partial charge on any atom is -0.491 e. The van der Waals surface area contributed by atoms with Crippen LogP contribution in [0.3, 0.4) is 0 Å². The Balaban J connectivity index is 1.79. The van der Waals surface area contributed by atoms with Gasteiger partial charge >= 0.3 is 0 Å².